The molecule has 17 heavy (non-hydrogen) atoms. The molecule has 0 spiro atoms. The van der Waals surface area contributed by atoms with Crippen molar-refractivity contribution in [3.63, 3.8) is 0 Å². The van der Waals surface area contributed by atoms with E-state index >= 15 is 0 Å². The van der Waals surface area contributed by atoms with E-state index in [0.29, 0.717) is 0 Å². The molecule has 0 aromatic heterocycles. The van der Waals surface area contributed by atoms with Gasteiger partial charge in [0.1, 0.15) is 0 Å². The molecule has 0 saturated heterocycles. The molecule has 0 rings (SSSR count). The van der Waals surface area contributed by atoms with Crippen molar-refractivity contribution >= 4 is 92.3 Å². The fourth-order valence-electron chi connectivity index (χ4n) is 0. The maximum absolute atomic E-state index is 11.1. The van der Waals surface area contributed by atoms with Crippen LogP contribution in [0.3, 0.4) is 0 Å². The van der Waals surface area contributed by atoms with Crippen molar-refractivity contribution < 1.29 is 43.5 Å². The molecule has 0 aliphatic rings. The van der Waals surface area contributed by atoms with E-state index in [1.165, 1.54) is 0 Å². The summed E-state index contributed by atoms with van der Waals surface area (Å²) in [7, 11) is -11.3. The van der Waals surface area contributed by atoms with Crippen molar-refractivity contribution in [1.29, 1.82) is 0 Å². The van der Waals surface area contributed by atoms with E-state index in [9.17, 15) is 43.5 Å². The van der Waals surface area contributed by atoms with Crippen LogP contribution >= 0.6 is 23.2 Å². The van der Waals surface area contributed by atoms with Crippen LogP contribution in [0.4, 0.5) is 17.6 Å². The summed E-state index contributed by atoms with van der Waals surface area (Å²) in [5, 5.41) is 0. The fraction of sp³-hybridized carbons (Fsp3) is 1.00. The first kappa shape index (κ1) is 23.8. The second kappa shape index (κ2) is 7.47. The summed E-state index contributed by atoms with van der Waals surface area (Å²) in [5.74, 6) is 0. The monoisotopic (exact) mass is 468 g/mol. The maximum Gasteiger partial charge on any atom is 2.00 e. The molecule has 0 fully saturated rings. The summed E-state index contributed by atoms with van der Waals surface area (Å²) in [4.78, 5) is 0. The first-order valence-electron chi connectivity index (χ1n) is 2.54. The van der Waals surface area contributed by atoms with Crippen molar-refractivity contribution in [1.82, 2.24) is 0 Å². The molecule has 0 aromatic rings. The third-order valence-electron chi connectivity index (χ3n) is 0.567. The third kappa shape index (κ3) is 11.2. The second-order valence-corrected chi connectivity index (χ2v) is 6.04. The van der Waals surface area contributed by atoms with Gasteiger partial charge >= 0.3 is 58.3 Å². The molecule has 0 atom stereocenters. The van der Waals surface area contributed by atoms with Crippen LogP contribution in [0.25, 0.3) is 0 Å². The zero-order chi connectivity index (χ0) is 14.0. The van der Waals surface area contributed by atoms with Crippen LogP contribution in [-0.4, -0.2) is 84.2 Å². The van der Waals surface area contributed by atoms with Gasteiger partial charge < -0.3 is 9.11 Å². The Kier molecular flexibility index (Phi) is 10.4. The Hall–Kier alpha value is 1.69. The van der Waals surface area contributed by atoms with E-state index in [-0.39, 0.29) is 48.9 Å². The molecular weight excluding hydrogens is 468 g/mol. The van der Waals surface area contributed by atoms with Crippen LogP contribution in [0.1, 0.15) is 0 Å². The van der Waals surface area contributed by atoms with E-state index < -0.39 is 29.7 Å². The van der Waals surface area contributed by atoms with Crippen molar-refractivity contribution in [2.45, 2.75) is 9.43 Å². The van der Waals surface area contributed by atoms with E-state index in [2.05, 4.69) is 23.2 Å². The van der Waals surface area contributed by atoms with Gasteiger partial charge in [-0.3, -0.25) is 0 Å². The number of hydrogen-bond acceptors (Lipinski definition) is 6. The third-order valence-corrected chi connectivity index (χ3v) is 2.83. The molecule has 0 amide bonds. The molecule has 0 radical (unpaired) electrons. The van der Waals surface area contributed by atoms with Crippen LogP contribution in [0, 0.1) is 0 Å². The molecule has 0 aromatic carbocycles. The van der Waals surface area contributed by atoms with Crippen molar-refractivity contribution in [2.75, 3.05) is 0 Å². The molecule has 0 unspecified atom stereocenters. The number of rotatable bonds is 2. The predicted molar refractivity (Wildman–Crippen MR) is 46.7 cm³/mol. The van der Waals surface area contributed by atoms with Gasteiger partial charge in [0.05, 0.1) is 0 Å². The SMILES string of the molecule is O=S(=O)([O-])C(F)(F)Cl.O=S(=O)([O-])C(F)(F)Cl.[Ba+2]. The number of hydrogen-bond donors (Lipinski definition) is 0. The number of alkyl halides is 6. The molecule has 15 heteroatoms. The summed E-state index contributed by atoms with van der Waals surface area (Å²) in [6, 6.07) is 0. The smallest absolute Gasteiger partial charge is 0.742 e. The van der Waals surface area contributed by atoms with Crippen LogP contribution in [-0.2, 0) is 20.2 Å². The molecular formula is C2BaCl2F4O6S2. The summed E-state index contributed by atoms with van der Waals surface area (Å²) < 4.78 is 90.3. The minimum atomic E-state index is -5.66. The summed E-state index contributed by atoms with van der Waals surface area (Å²) in [6.07, 6.45) is 0. The Morgan fingerprint density at radius 3 is 0.824 bits per heavy atom. The zero-order valence-electron chi connectivity index (χ0n) is 7.24. The van der Waals surface area contributed by atoms with E-state index in [1.54, 1.807) is 0 Å². The molecule has 0 aliphatic carbocycles. The summed E-state index contributed by atoms with van der Waals surface area (Å²) in [5.41, 5.74) is 0. The Bertz CT molecular complexity index is 380. The Morgan fingerprint density at radius 1 is 0.765 bits per heavy atom. The fourth-order valence-corrected chi connectivity index (χ4v) is 0. The van der Waals surface area contributed by atoms with Crippen molar-refractivity contribution in [3.05, 3.63) is 0 Å². The molecule has 0 N–H and O–H groups in total. The van der Waals surface area contributed by atoms with Gasteiger partial charge in [0.25, 0.3) is 0 Å². The Morgan fingerprint density at radius 2 is 0.824 bits per heavy atom. The average Bonchev–Trinajstić information content (AvgIpc) is 1.77. The molecule has 6 nitrogen and oxygen atoms in total. The van der Waals surface area contributed by atoms with Crippen LogP contribution in [0.2, 0.25) is 0 Å². The molecule has 100 valence electrons. The minimum Gasteiger partial charge on any atom is -0.742 e. The van der Waals surface area contributed by atoms with Gasteiger partial charge in [-0.05, 0) is 23.2 Å². The zero-order valence-corrected chi connectivity index (χ0v) is 14.8. The normalized spacial score (nSPS) is 13.2. The van der Waals surface area contributed by atoms with Gasteiger partial charge in [-0.15, -0.1) is 0 Å². The molecule has 0 heterocycles. The van der Waals surface area contributed by atoms with E-state index in [0.717, 1.165) is 0 Å². The Labute approximate surface area is 143 Å². The average molecular weight is 468 g/mol. The molecule has 0 bridgehead atoms. The van der Waals surface area contributed by atoms with Crippen molar-refractivity contribution in [3.8, 4) is 0 Å². The Balaban J connectivity index is -0.000000218. The van der Waals surface area contributed by atoms with Crippen LogP contribution < -0.4 is 0 Å². The summed E-state index contributed by atoms with van der Waals surface area (Å²) in [6.45, 7) is 0. The van der Waals surface area contributed by atoms with Crippen LogP contribution in [0.15, 0.2) is 0 Å². The largest absolute Gasteiger partial charge is 2.00 e. The topological polar surface area (TPSA) is 114 Å². The minimum absolute atomic E-state index is 0. The quantitative estimate of drug-likeness (QED) is 0.249. The van der Waals surface area contributed by atoms with E-state index in [4.69, 9.17) is 0 Å². The second-order valence-electron chi connectivity index (χ2n) is 1.80. The first-order valence-corrected chi connectivity index (χ1v) is 6.11. The van der Waals surface area contributed by atoms with Crippen molar-refractivity contribution in [2.24, 2.45) is 0 Å². The first-order chi connectivity index (χ1) is 6.50. The molecule has 0 saturated carbocycles. The molecule has 0 aliphatic heterocycles. The maximum atomic E-state index is 11.1. The predicted octanol–water partition coefficient (Wildman–Crippen LogP) is 0.261. The van der Waals surface area contributed by atoms with Gasteiger partial charge in [-0.1, -0.05) is 0 Å². The summed E-state index contributed by atoms with van der Waals surface area (Å²) >= 11 is 7.55. The number of halogens is 6. The van der Waals surface area contributed by atoms with Gasteiger partial charge in [0.15, 0.2) is 20.2 Å². The van der Waals surface area contributed by atoms with Crippen LogP contribution in [0.5, 0.6) is 0 Å². The van der Waals surface area contributed by atoms with Gasteiger partial charge in [-0.25, -0.2) is 16.8 Å². The van der Waals surface area contributed by atoms with Gasteiger partial charge in [0, 0.05) is 0 Å². The standard InChI is InChI=1S/2CHClF2O3S.Ba/c2*2-1(3,4)8(5,6)7;/h2*(H,5,6,7);/q;;+2/p-2. The van der Waals surface area contributed by atoms with E-state index in [1.807, 2.05) is 0 Å². The van der Waals surface area contributed by atoms with Gasteiger partial charge in [-0.2, -0.15) is 17.6 Å². The van der Waals surface area contributed by atoms with Gasteiger partial charge in [0.2, 0.25) is 0 Å².